The van der Waals surface area contributed by atoms with Crippen molar-refractivity contribution in [2.45, 2.75) is 38.8 Å². The van der Waals surface area contributed by atoms with Crippen LogP contribution in [-0.4, -0.2) is 17.1 Å². The minimum Gasteiger partial charge on any atom is -0.366 e. The fourth-order valence-electron chi connectivity index (χ4n) is 7.07. The molecule has 10 radical (unpaired) electrons. The molecule has 0 unspecified atom stereocenters. The largest absolute Gasteiger partial charge is 0.366 e. The minimum absolute atomic E-state index is 0. The van der Waals surface area contributed by atoms with Crippen molar-refractivity contribution in [2.75, 3.05) is 4.90 Å². The van der Waals surface area contributed by atoms with Crippen LogP contribution in [0, 0.1) is 55.3 Å². The predicted molar refractivity (Wildman–Crippen MR) is 190 cm³/mol. The molecule has 4 aromatic carbocycles. The second-order valence-corrected chi connectivity index (χ2v) is 12.2. The van der Waals surface area contributed by atoms with Crippen LogP contribution in [0.2, 0.25) is 0 Å². The Morgan fingerprint density at radius 1 is 0.511 bits per heavy atom. The summed E-state index contributed by atoms with van der Waals surface area (Å²) < 4.78 is 0. The molecule has 0 spiro atoms. The Morgan fingerprint density at radius 2 is 0.872 bits per heavy atom. The van der Waals surface area contributed by atoms with Crippen LogP contribution >= 0.6 is 0 Å². The Hall–Kier alpha value is -3.66. The summed E-state index contributed by atoms with van der Waals surface area (Å²) in [5.41, 5.74) is 7.64. The molecule has 1 aromatic heterocycles. The van der Waals surface area contributed by atoms with Gasteiger partial charge in [0.05, 0.1) is 0 Å². The standard InChI is InChI=1S/C28H20.C16H19N2.Co/c1-5-13-21(14-6-1)25-26(22-15-7-2-8-16-22)28(24-19-11-4-12-20-24)27(25)23-17-9-3-10-18-23;1-12-7-8-13(2)18(12)16-9-10-17-11-15(16)14-5-3-4-6-14;/h1-20H;3-6,9-13H,7-8H2,1-2H3;/t;12-,13-;/m.1./s1. The van der Waals surface area contributed by atoms with Gasteiger partial charge in [-0.25, -0.2) is 0 Å². The molecule has 0 bridgehead atoms. The van der Waals surface area contributed by atoms with Crippen molar-refractivity contribution in [3.8, 4) is 0 Å². The van der Waals surface area contributed by atoms with Crippen LogP contribution in [-0.2, 0) is 16.8 Å². The molecule has 2 heterocycles. The zero-order chi connectivity index (χ0) is 31.3. The quantitative estimate of drug-likeness (QED) is 0.181. The van der Waals surface area contributed by atoms with Gasteiger partial charge in [0.1, 0.15) is 0 Å². The Balaban J connectivity index is 0.000000176. The van der Waals surface area contributed by atoms with Crippen molar-refractivity contribution >= 4 is 5.69 Å². The van der Waals surface area contributed by atoms with Crippen molar-refractivity contribution in [1.29, 1.82) is 0 Å². The van der Waals surface area contributed by atoms with Crippen molar-refractivity contribution in [3.63, 3.8) is 0 Å². The molecule has 8 rings (SSSR count). The van der Waals surface area contributed by atoms with Gasteiger partial charge in [-0.2, -0.15) is 0 Å². The summed E-state index contributed by atoms with van der Waals surface area (Å²) in [5, 5.41) is 0. The number of anilines is 1. The first-order valence-electron chi connectivity index (χ1n) is 16.4. The van der Waals surface area contributed by atoms with Crippen LogP contribution in [0.4, 0.5) is 5.69 Å². The molecule has 2 atom stereocenters. The molecule has 0 amide bonds. The van der Waals surface area contributed by atoms with E-state index in [0.29, 0.717) is 12.1 Å². The fourth-order valence-corrected chi connectivity index (χ4v) is 7.07. The normalized spacial score (nSPS) is 20.7. The van der Waals surface area contributed by atoms with Gasteiger partial charge >= 0.3 is 0 Å². The van der Waals surface area contributed by atoms with Crippen LogP contribution in [0.15, 0.2) is 140 Å². The second kappa shape index (κ2) is 15.5. The molecule has 3 fully saturated rings. The van der Waals surface area contributed by atoms with E-state index in [1.54, 1.807) is 0 Å². The molecule has 2 saturated carbocycles. The molecule has 47 heavy (non-hydrogen) atoms. The SMILES string of the molecule is C[C@@H]1CC[C@@H](C)N1c1ccncc1[C]1[CH][CH][CH][CH]1.[Co].c1ccc([C]2[C](c3ccccc3)[C](c3ccccc3)[C]2c2ccccc2)cc1. The van der Waals surface area contributed by atoms with Gasteiger partial charge in [-0.15, -0.1) is 0 Å². The van der Waals surface area contributed by atoms with Crippen molar-refractivity contribution in [3.05, 3.63) is 223 Å². The van der Waals surface area contributed by atoms with E-state index in [1.807, 2.05) is 12.4 Å². The third-order valence-corrected chi connectivity index (χ3v) is 9.25. The van der Waals surface area contributed by atoms with Crippen LogP contribution in [0.1, 0.15) is 54.5 Å². The fraction of sp³-hybridized carbons (Fsp3) is 0.136. The third-order valence-electron chi connectivity index (χ3n) is 9.25. The summed E-state index contributed by atoms with van der Waals surface area (Å²) in [4.78, 5) is 6.84. The van der Waals surface area contributed by atoms with E-state index in [0.717, 1.165) is 0 Å². The zero-order valence-electron chi connectivity index (χ0n) is 26.9. The van der Waals surface area contributed by atoms with E-state index < -0.39 is 0 Å². The summed E-state index contributed by atoms with van der Waals surface area (Å²) in [6, 6.07) is 46.4. The van der Waals surface area contributed by atoms with Gasteiger partial charge in [-0.1, -0.05) is 121 Å². The van der Waals surface area contributed by atoms with Gasteiger partial charge in [0, 0.05) is 82.1 Å². The summed E-state index contributed by atoms with van der Waals surface area (Å²) in [6.45, 7) is 4.64. The Morgan fingerprint density at radius 3 is 1.23 bits per heavy atom. The Labute approximate surface area is 292 Å². The maximum Gasteiger partial charge on any atom is 0.0440 e. The average molecular weight is 655 g/mol. The molecule has 5 aromatic rings. The van der Waals surface area contributed by atoms with Crippen molar-refractivity contribution < 1.29 is 16.8 Å². The second-order valence-electron chi connectivity index (χ2n) is 12.2. The molecular formula is C44H39CoN2. The first-order valence-corrected chi connectivity index (χ1v) is 16.4. The summed E-state index contributed by atoms with van der Waals surface area (Å²) in [5.74, 6) is 6.59. The van der Waals surface area contributed by atoms with E-state index in [2.05, 4.69) is 177 Å². The van der Waals surface area contributed by atoms with Gasteiger partial charge in [-0.3, -0.25) is 4.98 Å². The smallest absolute Gasteiger partial charge is 0.0440 e. The summed E-state index contributed by atoms with van der Waals surface area (Å²) in [6.07, 6.45) is 14.9. The van der Waals surface area contributed by atoms with E-state index in [4.69, 9.17) is 0 Å². The van der Waals surface area contributed by atoms with Crippen LogP contribution < -0.4 is 4.90 Å². The molecule has 234 valence electrons. The third kappa shape index (κ3) is 6.98. The first kappa shape index (κ1) is 33.2. The monoisotopic (exact) mass is 654 g/mol. The molecule has 3 heteroatoms. The van der Waals surface area contributed by atoms with Gasteiger partial charge in [0.2, 0.25) is 0 Å². The van der Waals surface area contributed by atoms with Gasteiger partial charge in [0.25, 0.3) is 0 Å². The molecule has 0 N–H and O–H groups in total. The minimum atomic E-state index is 0. The summed E-state index contributed by atoms with van der Waals surface area (Å²) in [7, 11) is 0. The Bertz CT molecular complexity index is 1460. The molecule has 3 aliphatic rings. The topological polar surface area (TPSA) is 16.1 Å². The van der Waals surface area contributed by atoms with Crippen LogP contribution in [0.5, 0.6) is 0 Å². The van der Waals surface area contributed by atoms with E-state index in [9.17, 15) is 0 Å². The van der Waals surface area contributed by atoms with Gasteiger partial charge in [0.15, 0.2) is 0 Å². The number of hydrogen-bond acceptors (Lipinski definition) is 2. The van der Waals surface area contributed by atoms with E-state index >= 15 is 0 Å². The number of aromatic nitrogens is 1. The van der Waals surface area contributed by atoms with Gasteiger partial charge in [-0.05, 0) is 80.7 Å². The predicted octanol–water partition coefficient (Wildman–Crippen LogP) is 9.70. The Kier molecular flexibility index (Phi) is 11.0. The van der Waals surface area contributed by atoms with Crippen molar-refractivity contribution in [1.82, 2.24) is 4.98 Å². The molecular weight excluding hydrogens is 615 g/mol. The number of benzene rings is 4. The average Bonchev–Trinajstić information content (AvgIpc) is 3.76. The maximum absolute atomic E-state index is 4.30. The van der Waals surface area contributed by atoms with Crippen LogP contribution in [0.3, 0.4) is 0 Å². The van der Waals surface area contributed by atoms with E-state index in [-0.39, 0.29) is 16.8 Å². The number of nitrogens with zero attached hydrogens (tertiary/aromatic N) is 2. The molecule has 1 aliphatic heterocycles. The number of rotatable bonds is 6. The molecule has 2 aliphatic carbocycles. The molecule has 2 nitrogen and oxygen atoms in total. The number of pyridine rings is 1. The first-order chi connectivity index (χ1) is 22.7. The zero-order valence-corrected chi connectivity index (χ0v) is 27.9. The molecule has 1 saturated heterocycles. The van der Waals surface area contributed by atoms with Crippen LogP contribution in [0.25, 0.3) is 0 Å². The van der Waals surface area contributed by atoms with E-state index in [1.165, 1.54) is 75.9 Å². The van der Waals surface area contributed by atoms with Crippen molar-refractivity contribution in [2.24, 2.45) is 0 Å². The number of hydrogen-bond donors (Lipinski definition) is 0. The summed E-state index contributed by atoms with van der Waals surface area (Å²) >= 11 is 0. The maximum atomic E-state index is 4.30. The van der Waals surface area contributed by atoms with Gasteiger partial charge < -0.3 is 4.90 Å².